The molecule has 0 aromatic heterocycles. The number of rotatable bonds is 1. The Balaban J connectivity index is 2.21. The fraction of sp³-hybridized carbons (Fsp3) is 0.250. The molecule has 2 aromatic carbocycles. The first kappa shape index (κ1) is 11.3. The lowest BCUT2D eigenvalue weighted by Gasteiger charge is -2.28. The van der Waals surface area contributed by atoms with E-state index >= 15 is 0 Å². The van der Waals surface area contributed by atoms with E-state index in [0.717, 1.165) is 17.2 Å². The molecule has 1 atom stereocenters. The van der Waals surface area contributed by atoms with Crippen LogP contribution in [0.5, 0.6) is 5.75 Å². The average molecular weight is 240 g/mol. The summed E-state index contributed by atoms with van der Waals surface area (Å²) in [5.41, 5.74) is 2.31. The van der Waals surface area contributed by atoms with Gasteiger partial charge in [0, 0.05) is 5.41 Å². The van der Waals surface area contributed by atoms with Crippen LogP contribution >= 0.6 is 0 Å². The topological polar surface area (TPSA) is 40.5 Å². The zero-order valence-electron chi connectivity index (χ0n) is 10.4. The van der Waals surface area contributed by atoms with Crippen LogP contribution in [0.4, 0.5) is 0 Å². The van der Waals surface area contributed by atoms with Crippen LogP contribution in [0.1, 0.15) is 18.1 Å². The van der Waals surface area contributed by atoms with Crippen LogP contribution < -0.4 is 0 Å². The van der Waals surface area contributed by atoms with Crippen molar-refractivity contribution in [2.24, 2.45) is 5.41 Å². The lowest BCUT2D eigenvalue weighted by atomic mass is 9.77. The Bertz CT molecular complexity index is 643. The number of phenols is 1. The molecule has 2 aromatic rings. The molecular formula is C16H16O2. The highest BCUT2D eigenvalue weighted by atomic mass is 16.3. The molecule has 2 heteroatoms. The number of fused-ring (bicyclic) bond motifs is 3. The van der Waals surface area contributed by atoms with E-state index in [1.807, 2.05) is 12.1 Å². The Morgan fingerprint density at radius 2 is 2.06 bits per heavy atom. The van der Waals surface area contributed by atoms with Crippen molar-refractivity contribution in [1.29, 1.82) is 0 Å². The van der Waals surface area contributed by atoms with Gasteiger partial charge in [-0.2, -0.15) is 0 Å². The summed E-state index contributed by atoms with van der Waals surface area (Å²) in [6, 6.07) is 9.58. The van der Waals surface area contributed by atoms with Gasteiger partial charge in [-0.25, -0.2) is 0 Å². The van der Waals surface area contributed by atoms with Crippen LogP contribution in [0.15, 0.2) is 36.4 Å². The summed E-state index contributed by atoms with van der Waals surface area (Å²) in [5, 5.41) is 21.1. The van der Waals surface area contributed by atoms with Crippen molar-refractivity contribution in [2.45, 2.75) is 13.3 Å². The van der Waals surface area contributed by atoms with E-state index < -0.39 is 0 Å². The summed E-state index contributed by atoms with van der Waals surface area (Å²) in [7, 11) is 0. The zero-order chi connectivity index (χ0) is 12.8. The summed E-state index contributed by atoms with van der Waals surface area (Å²) >= 11 is 0. The van der Waals surface area contributed by atoms with Gasteiger partial charge in [-0.1, -0.05) is 37.3 Å². The van der Waals surface area contributed by atoms with Gasteiger partial charge in [-0.05, 0) is 40.5 Å². The third-order valence-corrected chi connectivity index (χ3v) is 3.74. The largest absolute Gasteiger partial charge is 0.508 e. The van der Waals surface area contributed by atoms with E-state index in [0.29, 0.717) is 5.75 Å². The van der Waals surface area contributed by atoms with E-state index in [4.69, 9.17) is 0 Å². The third-order valence-electron chi connectivity index (χ3n) is 3.74. The molecule has 0 bridgehead atoms. The molecule has 0 amide bonds. The first-order valence-corrected chi connectivity index (χ1v) is 6.16. The zero-order valence-corrected chi connectivity index (χ0v) is 10.4. The lowest BCUT2D eigenvalue weighted by Crippen LogP contribution is -2.24. The van der Waals surface area contributed by atoms with Crippen molar-refractivity contribution in [1.82, 2.24) is 0 Å². The first-order valence-electron chi connectivity index (χ1n) is 6.16. The van der Waals surface area contributed by atoms with Gasteiger partial charge >= 0.3 is 0 Å². The maximum atomic E-state index is 9.50. The smallest absolute Gasteiger partial charge is 0.116 e. The van der Waals surface area contributed by atoms with Crippen LogP contribution in [-0.2, 0) is 6.42 Å². The predicted molar refractivity (Wildman–Crippen MR) is 73.5 cm³/mol. The van der Waals surface area contributed by atoms with Crippen molar-refractivity contribution in [3.8, 4) is 5.75 Å². The molecule has 18 heavy (non-hydrogen) atoms. The molecule has 3 rings (SSSR count). The van der Waals surface area contributed by atoms with Crippen LogP contribution in [0.2, 0.25) is 0 Å². The molecule has 0 fully saturated rings. The van der Waals surface area contributed by atoms with Crippen molar-refractivity contribution in [2.75, 3.05) is 6.61 Å². The van der Waals surface area contributed by atoms with E-state index in [-0.39, 0.29) is 12.0 Å². The molecule has 92 valence electrons. The van der Waals surface area contributed by atoms with E-state index in [2.05, 4.69) is 25.1 Å². The molecule has 0 saturated carbocycles. The molecule has 0 heterocycles. The number of aromatic hydroxyl groups is 1. The Labute approximate surface area is 106 Å². The summed E-state index contributed by atoms with van der Waals surface area (Å²) in [6.07, 6.45) is 5.03. The van der Waals surface area contributed by atoms with Gasteiger partial charge in [0.05, 0.1) is 6.61 Å². The molecule has 2 N–H and O–H groups in total. The minimum atomic E-state index is -0.155. The Hall–Kier alpha value is -1.80. The Kier molecular flexibility index (Phi) is 2.42. The maximum Gasteiger partial charge on any atom is 0.116 e. The molecule has 0 radical (unpaired) electrons. The number of phenolic OH excluding ortho intramolecular Hbond substituents is 1. The number of aliphatic hydroxyl groups excluding tert-OH is 1. The highest BCUT2D eigenvalue weighted by Crippen LogP contribution is 2.36. The van der Waals surface area contributed by atoms with Crippen LogP contribution in [0.25, 0.3) is 16.8 Å². The number of aliphatic hydroxyl groups is 1. The molecular weight excluding hydrogens is 224 g/mol. The third kappa shape index (κ3) is 1.70. The van der Waals surface area contributed by atoms with Crippen molar-refractivity contribution >= 4 is 16.8 Å². The molecule has 0 aliphatic heterocycles. The summed E-state index contributed by atoms with van der Waals surface area (Å²) in [5.74, 6) is 0.294. The normalized spacial score (nSPS) is 22.1. The molecule has 2 nitrogen and oxygen atoms in total. The van der Waals surface area contributed by atoms with Crippen LogP contribution in [0, 0.1) is 5.41 Å². The van der Waals surface area contributed by atoms with Crippen molar-refractivity contribution in [3.05, 3.63) is 47.5 Å². The Morgan fingerprint density at radius 3 is 2.83 bits per heavy atom. The molecule has 0 spiro atoms. The fourth-order valence-corrected chi connectivity index (χ4v) is 2.62. The highest BCUT2D eigenvalue weighted by molar-refractivity contribution is 5.93. The van der Waals surface area contributed by atoms with Gasteiger partial charge in [0.25, 0.3) is 0 Å². The second-order valence-electron chi connectivity index (χ2n) is 5.37. The summed E-state index contributed by atoms with van der Waals surface area (Å²) < 4.78 is 0. The monoisotopic (exact) mass is 240 g/mol. The first-order chi connectivity index (χ1) is 8.61. The van der Waals surface area contributed by atoms with E-state index in [9.17, 15) is 10.2 Å². The number of hydrogen-bond acceptors (Lipinski definition) is 2. The lowest BCUT2D eigenvalue weighted by molar-refractivity contribution is 0.183. The number of hydrogen-bond donors (Lipinski definition) is 2. The van der Waals surface area contributed by atoms with Crippen molar-refractivity contribution in [3.63, 3.8) is 0 Å². The quantitative estimate of drug-likeness (QED) is 0.804. The average Bonchev–Trinajstić information content (AvgIpc) is 2.38. The van der Waals surface area contributed by atoms with E-state index in [1.165, 1.54) is 11.1 Å². The molecule has 1 aliphatic carbocycles. The van der Waals surface area contributed by atoms with Gasteiger partial charge < -0.3 is 10.2 Å². The molecule has 1 unspecified atom stereocenters. The molecule has 1 aliphatic rings. The van der Waals surface area contributed by atoms with Gasteiger partial charge in [-0.15, -0.1) is 0 Å². The Morgan fingerprint density at radius 1 is 1.22 bits per heavy atom. The number of benzene rings is 2. The van der Waals surface area contributed by atoms with Crippen LogP contribution in [0.3, 0.4) is 0 Å². The standard InChI is InChI=1S/C16H16O2/c1-16(10-17)7-6-15-12(9-16)3-2-11-8-13(18)4-5-14(11)15/h2-8,17-18H,9-10H2,1H3. The second-order valence-corrected chi connectivity index (χ2v) is 5.37. The van der Waals surface area contributed by atoms with Crippen LogP contribution in [-0.4, -0.2) is 16.8 Å². The summed E-state index contributed by atoms with van der Waals surface area (Å²) in [4.78, 5) is 0. The maximum absolute atomic E-state index is 9.50. The minimum Gasteiger partial charge on any atom is -0.508 e. The SMILES string of the molecule is CC1(CO)C=Cc2c(ccc3cc(O)ccc23)C1. The van der Waals surface area contributed by atoms with Crippen molar-refractivity contribution < 1.29 is 10.2 Å². The van der Waals surface area contributed by atoms with E-state index in [1.54, 1.807) is 12.1 Å². The van der Waals surface area contributed by atoms with Gasteiger partial charge in [0.15, 0.2) is 0 Å². The highest BCUT2D eigenvalue weighted by Gasteiger charge is 2.25. The van der Waals surface area contributed by atoms with Gasteiger partial charge in [0.2, 0.25) is 0 Å². The fourth-order valence-electron chi connectivity index (χ4n) is 2.62. The van der Waals surface area contributed by atoms with Gasteiger partial charge in [0.1, 0.15) is 5.75 Å². The minimum absolute atomic E-state index is 0.155. The molecule has 0 saturated heterocycles. The second kappa shape index (κ2) is 3.85. The summed E-state index contributed by atoms with van der Waals surface area (Å²) in [6.45, 7) is 2.23. The van der Waals surface area contributed by atoms with Gasteiger partial charge in [-0.3, -0.25) is 0 Å². The predicted octanol–water partition coefficient (Wildman–Crippen LogP) is 3.11.